The summed E-state index contributed by atoms with van der Waals surface area (Å²) in [6, 6.07) is 19.6. The molecule has 37 heavy (non-hydrogen) atoms. The Balaban J connectivity index is 1.44. The Morgan fingerprint density at radius 3 is 2.62 bits per heavy atom. The van der Waals surface area contributed by atoms with Crippen molar-refractivity contribution < 1.29 is 14.3 Å². The van der Waals surface area contributed by atoms with Crippen LogP contribution < -0.4 is 19.7 Å². The quantitative estimate of drug-likeness (QED) is 0.353. The molecule has 3 aromatic carbocycles. The first-order valence-electron chi connectivity index (χ1n) is 12.5. The van der Waals surface area contributed by atoms with Crippen LogP contribution in [0.1, 0.15) is 43.9 Å². The molecule has 1 N–H and O–H groups in total. The molecule has 0 unspecified atom stereocenters. The number of nitrogens with one attached hydrogen (secondary N) is 1. The minimum absolute atomic E-state index is 0.0568. The van der Waals surface area contributed by atoms with Crippen molar-refractivity contribution in [3.8, 4) is 11.5 Å². The highest BCUT2D eigenvalue weighted by molar-refractivity contribution is 6.35. The van der Waals surface area contributed by atoms with Gasteiger partial charge < -0.3 is 19.7 Å². The fraction of sp³-hybridized carbons (Fsp3) is 0.300. The second-order valence-electron chi connectivity index (χ2n) is 9.86. The molecular formula is C30H30Cl2N2O3. The summed E-state index contributed by atoms with van der Waals surface area (Å²) in [6.07, 6.45) is 4.63. The highest BCUT2D eigenvalue weighted by atomic mass is 35.5. The van der Waals surface area contributed by atoms with E-state index in [9.17, 15) is 4.79 Å². The summed E-state index contributed by atoms with van der Waals surface area (Å²) in [5.41, 5.74) is 3.17. The van der Waals surface area contributed by atoms with E-state index in [0.717, 1.165) is 16.8 Å². The minimum atomic E-state index is -0.668. The molecule has 5 rings (SSSR count). The summed E-state index contributed by atoms with van der Waals surface area (Å²) < 4.78 is 12.0. The lowest BCUT2D eigenvalue weighted by Crippen LogP contribution is -2.68. The summed E-state index contributed by atoms with van der Waals surface area (Å²) in [7, 11) is 0. The maximum absolute atomic E-state index is 12.7. The van der Waals surface area contributed by atoms with Gasteiger partial charge in [0.1, 0.15) is 12.3 Å². The first kappa shape index (κ1) is 25.5. The highest BCUT2D eigenvalue weighted by Gasteiger charge is 2.57. The van der Waals surface area contributed by atoms with Crippen molar-refractivity contribution in [1.29, 1.82) is 0 Å². The number of hydrogen-bond donors (Lipinski definition) is 1. The Hall–Kier alpha value is -3.15. The number of anilines is 1. The Kier molecular flexibility index (Phi) is 6.86. The third-order valence-electron chi connectivity index (χ3n) is 7.32. The minimum Gasteiger partial charge on any atom is -0.490 e. The van der Waals surface area contributed by atoms with E-state index in [1.807, 2.05) is 31.2 Å². The van der Waals surface area contributed by atoms with Gasteiger partial charge in [-0.25, -0.2) is 0 Å². The number of carbonyl (C=O) groups is 1. The molecule has 1 fully saturated rings. The molecule has 2 aliphatic heterocycles. The van der Waals surface area contributed by atoms with Gasteiger partial charge >= 0.3 is 0 Å². The fourth-order valence-corrected chi connectivity index (χ4v) is 5.81. The van der Waals surface area contributed by atoms with E-state index >= 15 is 0 Å². The lowest BCUT2D eigenvalue weighted by atomic mass is 9.74. The number of para-hydroxylation sites is 1. The van der Waals surface area contributed by atoms with Gasteiger partial charge in [-0.1, -0.05) is 73.5 Å². The van der Waals surface area contributed by atoms with Gasteiger partial charge in [0.2, 0.25) is 5.91 Å². The highest BCUT2D eigenvalue weighted by Crippen LogP contribution is 2.52. The van der Waals surface area contributed by atoms with Crippen LogP contribution in [-0.4, -0.2) is 24.7 Å². The van der Waals surface area contributed by atoms with Gasteiger partial charge in [-0.3, -0.25) is 4.79 Å². The number of fused-ring (bicyclic) bond motifs is 3. The Labute approximate surface area is 228 Å². The van der Waals surface area contributed by atoms with Crippen LogP contribution in [0.25, 0.3) is 6.08 Å². The van der Waals surface area contributed by atoms with Gasteiger partial charge in [-0.15, -0.1) is 0 Å². The third-order valence-corrected chi connectivity index (χ3v) is 7.91. The molecule has 0 bridgehead atoms. The van der Waals surface area contributed by atoms with E-state index in [4.69, 9.17) is 32.7 Å². The van der Waals surface area contributed by atoms with Gasteiger partial charge in [0.15, 0.2) is 11.5 Å². The molecule has 192 valence electrons. The topological polar surface area (TPSA) is 50.8 Å². The van der Waals surface area contributed by atoms with Crippen molar-refractivity contribution in [1.82, 2.24) is 5.32 Å². The monoisotopic (exact) mass is 536 g/mol. The molecule has 1 atom stereocenters. The second-order valence-corrected chi connectivity index (χ2v) is 10.7. The van der Waals surface area contributed by atoms with Crippen LogP contribution in [0.2, 0.25) is 10.0 Å². The maximum Gasteiger partial charge on any atom is 0.223 e. The average Bonchev–Trinajstić information content (AvgIpc) is 3.06. The number of halogens is 2. The zero-order valence-electron chi connectivity index (χ0n) is 21.2. The lowest BCUT2D eigenvalue weighted by molar-refractivity contribution is -0.124. The van der Waals surface area contributed by atoms with Crippen molar-refractivity contribution in [3.05, 3.63) is 93.5 Å². The first-order chi connectivity index (χ1) is 17.7. The van der Waals surface area contributed by atoms with Gasteiger partial charge in [0.25, 0.3) is 0 Å². The van der Waals surface area contributed by atoms with Gasteiger partial charge in [0.05, 0.1) is 6.61 Å². The van der Waals surface area contributed by atoms with Gasteiger partial charge in [-0.05, 0) is 54.5 Å². The van der Waals surface area contributed by atoms with Crippen LogP contribution in [0.5, 0.6) is 11.5 Å². The largest absolute Gasteiger partial charge is 0.490 e. The SMILES string of the molecule is CCOc1cc(/C=C/[C@]23NC(=O)CCN2c2ccccc2C3(C)C)ccc1OCc1ccc(Cl)cc1Cl. The van der Waals surface area contributed by atoms with Crippen LogP contribution in [0, 0.1) is 0 Å². The number of amides is 1. The molecule has 2 heterocycles. The summed E-state index contributed by atoms with van der Waals surface area (Å²) in [5, 5.41) is 4.46. The number of benzene rings is 3. The third kappa shape index (κ3) is 4.55. The fourth-order valence-electron chi connectivity index (χ4n) is 5.35. The predicted octanol–water partition coefficient (Wildman–Crippen LogP) is 7.00. The van der Waals surface area contributed by atoms with E-state index in [-0.39, 0.29) is 11.3 Å². The van der Waals surface area contributed by atoms with Gasteiger partial charge in [0, 0.05) is 39.7 Å². The summed E-state index contributed by atoms with van der Waals surface area (Å²) in [6.45, 7) is 7.78. The summed E-state index contributed by atoms with van der Waals surface area (Å²) in [4.78, 5) is 15.0. The molecule has 0 saturated carbocycles. The van der Waals surface area contributed by atoms with Crippen molar-refractivity contribution in [2.75, 3.05) is 18.1 Å². The van der Waals surface area contributed by atoms with Crippen LogP contribution >= 0.6 is 23.2 Å². The second kappa shape index (κ2) is 9.96. The molecule has 0 aromatic heterocycles. The zero-order chi connectivity index (χ0) is 26.2. The molecular weight excluding hydrogens is 507 g/mol. The molecule has 1 amide bonds. The zero-order valence-corrected chi connectivity index (χ0v) is 22.7. The smallest absolute Gasteiger partial charge is 0.223 e. The Bertz CT molecular complexity index is 1370. The van der Waals surface area contributed by atoms with E-state index in [1.54, 1.807) is 12.1 Å². The number of hydrogen-bond acceptors (Lipinski definition) is 4. The Morgan fingerprint density at radius 1 is 1.03 bits per heavy atom. The maximum atomic E-state index is 12.7. The van der Waals surface area contributed by atoms with Crippen molar-refractivity contribution >= 4 is 40.9 Å². The van der Waals surface area contributed by atoms with Crippen LogP contribution in [0.15, 0.2) is 66.7 Å². The molecule has 0 radical (unpaired) electrons. The standard InChI is InChI=1S/C30H30Cl2N2O3/c1-4-36-27-17-20(9-12-26(27)37-19-21-10-11-22(31)18-24(21)32)13-15-30-29(2,3)23-7-5-6-8-25(23)34(30)16-14-28(35)33-30/h5-13,15,17-18H,4,14,16,19H2,1-3H3,(H,33,35)/b15-13+/t30-/m0/s1. The van der Waals surface area contributed by atoms with Crippen molar-refractivity contribution in [2.24, 2.45) is 0 Å². The summed E-state index contributed by atoms with van der Waals surface area (Å²) >= 11 is 12.3. The van der Waals surface area contributed by atoms with E-state index < -0.39 is 5.66 Å². The van der Waals surface area contributed by atoms with Crippen molar-refractivity contribution in [3.63, 3.8) is 0 Å². The number of nitrogens with zero attached hydrogens (tertiary/aromatic N) is 1. The molecule has 7 heteroatoms. The van der Waals surface area contributed by atoms with E-state index in [1.165, 1.54) is 5.56 Å². The lowest BCUT2D eigenvalue weighted by Gasteiger charge is -2.49. The van der Waals surface area contributed by atoms with E-state index in [0.29, 0.717) is 47.7 Å². The van der Waals surface area contributed by atoms with Crippen LogP contribution in [0.3, 0.4) is 0 Å². The molecule has 3 aromatic rings. The number of carbonyl (C=O) groups excluding carboxylic acids is 1. The predicted molar refractivity (Wildman–Crippen MR) is 150 cm³/mol. The molecule has 0 aliphatic carbocycles. The normalized spacial score (nSPS) is 19.9. The van der Waals surface area contributed by atoms with Gasteiger partial charge in [-0.2, -0.15) is 0 Å². The first-order valence-corrected chi connectivity index (χ1v) is 13.2. The number of rotatable bonds is 7. The number of ether oxygens (including phenoxy) is 2. The molecule has 5 nitrogen and oxygen atoms in total. The Morgan fingerprint density at radius 2 is 1.84 bits per heavy atom. The van der Waals surface area contributed by atoms with E-state index in [2.05, 4.69) is 60.5 Å². The van der Waals surface area contributed by atoms with Crippen LogP contribution in [-0.2, 0) is 16.8 Å². The molecule has 2 aliphatic rings. The summed E-state index contributed by atoms with van der Waals surface area (Å²) in [5.74, 6) is 1.33. The molecule has 0 spiro atoms. The average molecular weight is 537 g/mol. The van der Waals surface area contributed by atoms with Crippen LogP contribution in [0.4, 0.5) is 5.69 Å². The molecule has 1 saturated heterocycles. The van der Waals surface area contributed by atoms with Crippen molar-refractivity contribution in [2.45, 2.75) is 44.9 Å².